The molecule has 1 amide bonds. The molecule has 2 N–H and O–H groups in total. The minimum atomic E-state index is -3.52. The third kappa shape index (κ3) is 2.90. The number of nitrogens with zero attached hydrogens (tertiary/aromatic N) is 1. The molecule has 5 nitrogen and oxygen atoms in total. The number of amides is 1. The van der Waals surface area contributed by atoms with Crippen molar-refractivity contribution in [1.82, 2.24) is 4.31 Å². The number of hydrogen-bond donors (Lipinski definition) is 1. The Kier molecular flexibility index (Phi) is 4.63. The van der Waals surface area contributed by atoms with Crippen molar-refractivity contribution < 1.29 is 13.2 Å². The lowest BCUT2D eigenvalue weighted by Crippen LogP contribution is -2.41. The molecule has 0 spiro atoms. The second-order valence-electron chi connectivity index (χ2n) is 6.15. The number of piperidine rings is 1. The first-order chi connectivity index (χ1) is 10.2. The monoisotopic (exact) mass is 324 g/mol. The van der Waals surface area contributed by atoms with Crippen LogP contribution in [0.5, 0.6) is 0 Å². The van der Waals surface area contributed by atoms with Crippen LogP contribution in [0.3, 0.4) is 0 Å². The van der Waals surface area contributed by atoms with Crippen LogP contribution in [0.15, 0.2) is 11.0 Å². The van der Waals surface area contributed by atoms with E-state index in [1.54, 1.807) is 6.07 Å². The van der Waals surface area contributed by atoms with Crippen molar-refractivity contribution in [1.29, 1.82) is 0 Å². The summed E-state index contributed by atoms with van der Waals surface area (Å²) in [5.74, 6) is -0.552. The SMILES string of the molecule is Cc1cc(S(=O)(=O)N2CCC(C(N)=O)CC2)c(C)c(C)c1C. The summed E-state index contributed by atoms with van der Waals surface area (Å²) in [4.78, 5) is 11.6. The molecular formula is C16H24N2O3S. The standard InChI is InChI=1S/C16H24N2O3S/c1-10-9-15(13(4)12(3)11(10)2)22(20,21)18-7-5-14(6-8-18)16(17)19/h9,14H,5-8H2,1-4H3,(H2,17,19). The fraction of sp³-hybridized carbons (Fsp3) is 0.562. The van der Waals surface area contributed by atoms with Crippen molar-refractivity contribution in [3.05, 3.63) is 28.3 Å². The molecule has 0 aliphatic carbocycles. The largest absolute Gasteiger partial charge is 0.369 e. The van der Waals surface area contributed by atoms with Crippen molar-refractivity contribution in [2.45, 2.75) is 45.4 Å². The topological polar surface area (TPSA) is 80.5 Å². The number of carbonyl (C=O) groups is 1. The van der Waals surface area contributed by atoms with Crippen LogP contribution in [0.1, 0.15) is 35.1 Å². The lowest BCUT2D eigenvalue weighted by molar-refractivity contribution is -0.122. The first-order valence-electron chi connectivity index (χ1n) is 7.53. The molecule has 22 heavy (non-hydrogen) atoms. The molecule has 0 radical (unpaired) electrons. The van der Waals surface area contributed by atoms with Gasteiger partial charge in [0.15, 0.2) is 0 Å². The number of sulfonamides is 1. The number of nitrogens with two attached hydrogens (primary N) is 1. The van der Waals surface area contributed by atoms with Gasteiger partial charge in [0.25, 0.3) is 0 Å². The Morgan fingerprint density at radius 1 is 1.09 bits per heavy atom. The molecule has 0 saturated carbocycles. The Labute approximate surface area is 132 Å². The zero-order valence-electron chi connectivity index (χ0n) is 13.6. The smallest absolute Gasteiger partial charge is 0.243 e. The number of hydrogen-bond acceptors (Lipinski definition) is 3. The van der Waals surface area contributed by atoms with Gasteiger partial charge >= 0.3 is 0 Å². The average Bonchev–Trinajstić information content (AvgIpc) is 2.48. The van der Waals surface area contributed by atoms with Crippen molar-refractivity contribution in [2.24, 2.45) is 11.7 Å². The van der Waals surface area contributed by atoms with Crippen LogP contribution in [0.2, 0.25) is 0 Å². The van der Waals surface area contributed by atoms with E-state index < -0.39 is 10.0 Å². The zero-order valence-corrected chi connectivity index (χ0v) is 14.5. The van der Waals surface area contributed by atoms with Crippen LogP contribution in [-0.4, -0.2) is 31.7 Å². The summed E-state index contributed by atoms with van der Waals surface area (Å²) in [5, 5.41) is 0. The van der Waals surface area contributed by atoms with Gasteiger partial charge in [-0.15, -0.1) is 0 Å². The summed E-state index contributed by atoms with van der Waals surface area (Å²) in [6.07, 6.45) is 0.995. The van der Waals surface area contributed by atoms with Crippen molar-refractivity contribution in [3.8, 4) is 0 Å². The van der Waals surface area contributed by atoms with Crippen molar-refractivity contribution >= 4 is 15.9 Å². The van der Waals surface area contributed by atoms with Crippen LogP contribution in [0.4, 0.5) is 0 Å². The number of rotatable bonds is 3. The maximum atomic E-state index is 12.9. The Morgan fingerprint density at radius 2 is 1.64 bits per heavy atom. The highest BCUT2D eigenvalue weighted by molar-refractivity contribution is 7.89. The summed E-state index contributed by atoms with van der Waals surface area (Å²) in [6, 6.07) is 1.76. The van der Waals surface area contributed by atoms with E-state index in [-0.39, 0.29) is 11.8 Å². The molecule has 2 rings (SSSR count). The molecule has 1 fully saturated rings. The van der Waals surface area contributed by atoms with E-state index in [0.29, 0.717) is 30.8 Å². The van der Waals surface area contributed by atoms with E-state index in [1.807, 2.05) is 27.7 Å². The fourth-order valence-electron chi connectivity index (χ4n) is 2.96. The highest BCUT2D eigenvalue weighted by Gasteiger charge is 2.32. The van der Waals surface area contributed by atoms with Gasteiger partial charge in [-0.3, -0.25) is 4.79 Å². The van der Waals surface area contributed by atoms with Gasteiger partial charge in [0.1, 0.15) is 0 Å². The van der Waals surface area contributed by atoms with Gasteiger partial charge in [0, 0.05) is 19.0 Å². The van der Waals surface area contributed by atoms with Gasteiger partial charge in [-0.05, 0) is 68.9 Å². The lowest BCUT2D eigenvalue weighted by atomic mass is 9.98. The van der Waals surface area contributed by atoms with Gasteiger partial charge in [0.2, 0.25) is 15.9 Å². The minimum absolute atomic E-state index is 0.214. The van der Waals surface area contributed by atoms with Crippen LogP contribution in [-0.2, 0) is 14.8 Å². The summed E-state index contributed by atoms with van der Waals surface area (Å²) in [7, 11) is -3.52. The number of primary amides is 1. The van der Waals surface area contributed by atoms with E-state index in [4.69, 9.17) is 5.73 Å². The Hall–Kier alpha value is -1.40. The molecular weight excluding hydrogens is 300 g/mol. The van der Waals surface area contributed by atoms with E-state index in [2.05, 4.69) is 0 Å². The Balaban J connectivity index is 2.35. The predicted octanol–water partition coefficient (Wildman–Crippen LogP) is 1.81. The highest BCUT2D eigenvalue weighted by atomic mass is 32.2. The quantitative estimate of drug-likeness (QED) is 0.920. The molecule has 0 bridgehead atoms. The van der Waals surface area contributed by atoms with Crippen LogP contribution >= 0.6 is 0 Å². The molecule has 1 aromatic carbocycles. The maximum absolute atomic E-state index is 12.9. The molecule has 1 heterocycles. The third-order valence-corrected chi connectivity index (χ3v) is 6.93. The highest BCUT2D eigenvalue weighted by Crippen LogP contribution is 2.29. The normalized spacial score (nSPS) is 17.6. The second-order valence-corrected chi connectivity index (χ2v) is 8.05. The van der Waals surface area contributed by atoms with Crippen LogP contribution < -0.4 is 5.73 Å². The lowest BCUT2D eigenvalue weighted by Gasteiger charge is -2.30. The molecule has 0 aromatic heterocycles. The Bertz CT molecular complexity index is 703. The number of carbonyl (C=O) groups excluding carboxylic acids is 1. The first kappa shape index (κ1) is 17.0. The van der Waals surface area contributed by atoms with E-state index in [0.717, 1.165) is 22.3 Å². The predicted molar refractivity (Wildman–Crippen MR) is 86.1 cm³/mol. The molecule has 0 atom stereocenters. The molecule has 1 saturated heterocycles. The summed E-state index contributed by atoms with van der Waals surface area (Å²) in [6.45, 7) is 8.44. The van der Waals surface area contributed by atoms with E-state index in [9.17, 15) is 13.2 Å². The van der Waals surface area contributed by atoms with Gasteiger partial charge in [0.05, 0.1) is 4.90 Å². The third-order valence-electron chi connectivity index (χ3n) is 4.91. The molecule has 6 heteroatoms. The summed E-state index contributed by atoms with van der Waals surface area (Å²) < 4.78 is 27.3. The van der Waals surface area contributed by atoms with Crippen LogP contribution in [0.25, 0.3) is 0 Å². The van der Waals surface area contributed by atoms with Crippen molar-refractivity contribution in [3.63, 3.8) is 0 Å². The van der Waals surface area contributed by atoms with E-state index in [1.165, 1.54) is 4.31 Å². The second kappa shape index (κ2) is 6.01. The van der Waals surface area contributed by atoms with E-state index >= 15 is 0 Å². The maximum Gasteiger partial charge on any atom is 0.243 e. The number of aryl methyl sites for hydroxylation is 1. The summed E-state index contributed by atoms with van der Waals surface area (Å²) in [5.41, 5.74) is 9.24. The van der Waals surface area contributed by atoms with Gasteiger partial charge in [-0.1, -0.05) is 0 Å². The molecule has 1 aliphatic heterocycles. The van der Waals surface area contributed by atoms with Crippen LogP contribution in [0, 0.1) is 33.6 Å². The first-order valence-corrected chi connectivity index (χ1v) is 8.97. The number of benzene rings is 1. The molecule has 0 unspecified atom stereocenters. The van der Waals surface area contributed by atoms with Crippen molar-refractivity contribution in [2.75, 3.05) is 13.1 Å². The fourth-order valence-corrected chi connectivity index (χ4v) is 4.80. The molecule has 122 valence electrons. The zero-order chi connectivity index (χ0) is 16.7. The summed E-state index contributed by atoms with van der Waals surface area (Å²) >= 11 is 0. The molecule has 1 aliphatic rings. The minimum Gasteiger partial charge on any atom is -0.369 e. The molecule has 1 aromatic rings. The Morgan fingerprint density at radius 3 is 2.14 bits per heavy atom. The van der Waals surface area contributed by atoms with Gasteiger partial charge < -0.3 is 5.73 Å². The van der Waals surface area contributed by atoms with Gasteiger partial charge in [-0.25, -0.2) is 8.42 Å². The average molecular weight is 324 g/mol. The van der Waals surface area contributed by atoms with Gasteiger partial charge in [-0.2, -0.15) is 4.31 Å².